The molecule has 38 heavy (non-hydrogen) atoms. The number of carbonyl (C=O) groups excluding carboxylic acids is 2. The van der Waals surface area contributed by atoms with Crippen molar-refractivity contribution in [3.05, 3.63) is 78.9 Å². The molecule has 0 spiro atoms. The van der Waals surface area contributed by atoms with Crippen LogP contribution in [0.25, 0.3) is 0 Å². The number of non-ortho nitro benzene ring substituents is 2. The molecular weight excluding hydrogens is 516 g/mol. The molecule has 1 aliphatic rings. The minimum Gasteiger partial charge on any atom is -0.545 e. The fraction of sp³-hybridized carbons (Fsp3) is 0.238. The van der Waals surface area contributed by atoms with Gasteiger partial charge in [0.25, 0.3) is 11.4 Å². The summed E-state index contributed by atoms with van der Waals surface area (Å²) in [6.07, 6.45) is 0. The molecule has 0 bridgehead atoms. The van der Waals surface area contributed by atoms with E-state index in [1.807, 2.05) is 0 Å². The molecule has 0 saturated carbocycles. The molecular formula is C21H24N4O13. The number of hydrogen-bond acceptors (Lipinski definition) is 10. The van der Waals surface area contributed by atoms with Gasteiger partial charge in [-0.25, -0.2) is 9.59 Å². The van der Waals surface area contributed by atoms with E-state index in [4.69, 9.17) is 10.2 Å². The number of carboxylic acid groups (broad SMARTS) is 4. The summed E-state index contributed by atoms with van der Waals surface area (Å²) in [5.74, 6) is -6.50. The molecule has 0 amide bonds. The third kappa shape index (κ3) is 9.93. The minimum absolute atomic E-state index is 0. The zero-order valence-electron chi connectivity index (χ0n) is 19.7. The molecule has 0 unspecified atom stereocenters. The number of benzene rings is 2. The Morgan fingerprint density at radius 2 is 1.16 bits per heavy atom. The van der Waals surface area contributed by atoms with Crippen LogP contribution in [0.1, 0.15) is 41.4 Å². The van der Waals surface area contributed by atoms with Crippen molar-refractivity contribution in [3.63, 3.8) is 0 Å². The molecule has 17 heteroatoms. The van der Waals surface area contributed by atoms with Crippen molar-refractivity contribution in [2.45, 2.75) is 0 Å². The van der Waals surface area contributed by atoms with Gasteiger partial charge in [0, 0.05) is 35.4 Å². The summed E-state index contributed by atoms with van der Waals surface area (Å²) in [5.41, 5.74) is -3.49. The van der Waals surface area contributed by atoms with E-state index < -0.39 is 67.4 Å². The third-order valence-electron chi connectivity index (χ3n) is 4.88. The van der Waals surface area contributed by atoms with Crippen LogP contribution in [-0.2, 0) is 0 Å². The van der Waals surface area contributed by atoms with Gasteiger partial charge in [-0.2, -0.15) is 0 Å². The van der Waals surface area contributed by atoms with Crippen LogP contribution in [0.3, 0.4) is 0 Å². The van der Waals surface area contributed by atoms with Gasteiger partial charge in [-0.15, -0.1) is 0 Å². The maximum absolute atomic E-state index is 10.6. The third-order valence-corrected chi connectivity index (χ3v) is 4.88. The summed E-state index contributed by atoms with van der Waals surface area (Å²) in [6.45, 7) is 5.34. The highest BCUT2D eigenvalue weighted by atomic mass is 16.6. The van der Waals surface area contributed by atoms with Crippen LogP contribution >= 0.6 is 0 Å². The fourth-order valence-corrected chi connectivity index (χ4v) is 2.97. The normalized spacial score (nSPS) is 12.2. The number of likely N-dealkylation sites (N-methyl/N-ethyl adjacent to an activating group) is 1. The number of rotatable bonds is 6. The highest BCUT2D eigenvalue weighted by Gasteiger charge is 2.19. The lowest BCUT2D eigenvalue weighted by molar-refractivity contribution is -0.930. The Morgan fingerprint density at radius 1 is 0.763 bits per heavy atom. The standard InChI is InChI=1S/2C8H5NO6.C5H12N2.H2O/c2*10-7(11)5-2-1-4(9(14)15)3-6(5)8(12)13;1-7-4-2-6-3-5-7;/h2*1-3H,(H,10,11)(H,12,13);6H,2-5H2,1H3;1H2. The number of piperazine rings is 1. The second-order valence-electron chi connectivity index (χ2n) is 7.48. The Balaban J connectivity index is 0.000000566. The first-order valence-electron chi connectivity index (χ1n) is 10.3. The van der Waals surface area contributed by atoms with Gasteiger partial charge in [0.1, 0.15) is 26.2 Å². The smallest absolute Gasteiger partial charge is 0.336 e. The maximum Gasteiger partial charge on any atom is 0.336 e. The molecule has 1 fully saturated rings. The van der Waals surface area contributed by atoms with Gasteiger partial charge in [-0.3, -0.25) is 20.2 Å². The van der Waals surface area contributed by atoms with Crippen LogP contribution in [0.2, 0.25) is 0 Å². The van der Waals surface area contributed by atoms with Crippen LogP contribution in [0.15, 0.2) is 36.4 Å². The van der Waals surface area contributed by atoms with E-state index in [1.165, 1.54) is 26.2 Å². The molecule has 17 nitrogen and oxygen atoms in total. The minimum atomic E-state index is -1.81. The zero-order chi connectivity index (χ0) is 28.3. The van der Waals surface area contributed by atoms with E-state index in [2.05, 4.69) is 12.4 Å². The number of aromatic carboxylic acids is 4. The van der Waals surface area contributed by atoms with E-state index in [0.29, 0.717) is 12.1 Å². The van der Waals surface area contributed by atoms with Crippen molar-refractivity contribution in [2.75, 3.05) is 33.2 Å². The highest BCUT2D eigenvalue weighted by molar-refractivity contribution is 6.02. The number of carbonyl (C=O) groups is 4. The van der Waals surface area contributed by atoms with Crippen LogP contribution in [0, 0.1) is 20.2 Å². The number of nitro benzene ring substituents is 2. The molecule has 1 heterocycles. The molecule has 0 radical (unpaired) electrons. The summed E-state index contributed by atoms with van der Waals surface area (Å²) in [7, 11) is 2.26. The second kappa shape index (κ2) is 15.2. The Kier molecular flexibility index (Phi) is 13.2. The molecule has 2 aromatic carbocycles. The maximum atomic E-state index is 10.6. The lowest BCUT2D eigenvalue weighted by atomic mass is 10.1. The van der Waals surface area contributed by atoms with Crippen molar-refractivity contribution in [3.8, 4) is 0 Å². The van der Waals surface area contributed by atoms with Gasteiger partial charge in [0.2, 0.25) is 0 Å². The molecule has 206 valence electrons. The second-order valence-corrected chi connectivity index (χ2v) is 7.48. The van der Waals surface area contributed by atoms with Crippen molar-refractivity contribution >= 4 is 35.3 Å². The summed E-state index contributed by atoms with van der Waals surface area (Å²) in [5, 5.41) is 61.1. The predicted octanol–water partition coefficient (Wildman–Crippen LogP) is -4.43. The SMILES string of the molecule is C[NH+]1CC[NH2+]CC1.O.O=C(O)c1ccc([N+](=O)[O-])cc1C(=O)O.O=C([O-])c1ccc([N+](=O)[O-])cc1C(=O)[O-]. The molecule has 7 N–H and O–H groups in total. The van der Waals surface area contributed by atoms with E-state index >= 15 is 0 Å². The van der Waals surface area contributed by atoms with E-state index in [0.717, 1.165) is 24.3 Å². The van der Waals surface area contributed by atoms with Gasteiger partial charge in [-0.1, -0.05) is 0 Å². The van der Waals surface area contributed by atoms with Crippen molar-refractivity contribution in [1.29, 1.82) is 0 Å². The molecule has 0 aromatic heterocycles. The van der Waals surface area contributed by atoms with Gasteiger partial charge in [0.15, 0.2) is 0 Å². The number of nitrogens with zero attached hydrogens (tertiary/aromatic N) is 2. The summed E-state index contributed by atoms with van der Waals surface area (Å²) >= 11 is 0. The number of hydrogen-bond donors (Lipinski definition) is 4. The van der Waals surface area contributed by atoms with Crippen molar-refractivity contribution in [1.82, 2.24) is 0 Å². The summed E-state index contributed by atoms with van der Waals surface area (Å²) < 4.78 is 0. The summed E-state index contributed by atoms with van der Waals surface area (Å²) in [4.78, 5) is 62.8. The Morgan fingerprint density at radius 3 is 1.47 bits per heavy atom. The quantitative estimate of drug-likeness (QED) is 0.199. The fourth-order valence-electron chi connectivity index (χ4n) is 2.97. The molecule has 2 aromatic rings. The van der Waals surface area contributed by atoms with Gasteiger partial charge in [-0.05, 0) is 12.1 Å². The molecule has 1 saturated heterocycles. The van der Waals surface area contributed by atoms with Crippen LogP contribution < -0.4 is 20.4 Å². The number of quaternary nitrogens is 2. The van der Waals surface area contributed by atoms with Crippen LogP contribution in [0.5, 0.6) is 0 Å². The lowest BCUT2D eigenvalue weighted by Crippen LogP contribution is -3.18. The topological polar surface area (TPSA) is 294 Å². The van der Waals surface area contributed by atoms with Gasteiger partial charge in [0.05, 0.1) is 40.0 Å². The number of carboxylic acids is 4. The monoisotopic (exact) mass is 540 g/mol. The first kappa shape index (κ1) is 33.0. The first-order chi connectivity index (χ1) is 17.3. The van der Waals surface area contributed by atoms with Crippen molar-refractivity contribution < 1.29 is 65.1 Å². The molecule has 0 atom stereocenters. The summed E-state index contributed by atoms with van der Waals surface area (Å²) in [6, 6.07) is 4.82. The van der Waals surface area contributed by atoms with E-state index in [-0.39, 0.29) is 5.48 Å². The number of nitrogens with one attached hydrogen (secondary N) is 1. The zero-order valence-corrected chi connectivity index (χ0v) is 19.7. The largest absolute Gasteiger partial charge is 0.545 e. The lowest BCUT2D eigenvalue weighted by Gasteiger charge is -2.16. The van der Waals surface area contributed by atoms with E-state index in [9.17, 15) is 49.6 Å². The van der Waals surface area contributed by atoms with Crippen LogP contribution in [0.4, 0.5) is 11.4 Å². The average Bonchev–Trinajstić information content (AvgIpc) is 2.84. The Labute approximate surface area is 213 Å². The Hall–Kier alpha value is -5.00. The van der Waals surface area contributed by atoms with Crippen LogP contribution in [-0.4, -0.2) is 82.6 Å². The first-order valence-corrected chi connectivity index (χ1v) is 10.3. The Bertz CT molecular complexity index is 1120. The molecule has 3 rings (SSSR count). The molecule has 0 aliphatic carbocycles. The number of nitro groups is 2. The average molecular weight is 540 g/mol. The molecule has 1 aliphatic heterocycles. The predicted molar refractivity (Wildman–Crippen MR) is 121 cm³/mol. The van der Waals surface area contributed by atoms with Gasteiger partial charge < -0.3 is 45.7 Å². The highest BCUT2D eigenvalue weighted by Crippen LogP contribution is 2.18. The number of nitrogens with two attached hydrogens (primary N) is 1. The van der Waals surface area contributed by atoms with Crippen molar-refractivity contribution in [2.24, 2.45) is 0 Å². The van der Waals surface area contributed by atoms with E-state index in [1.54, 1.807) is 4.90 Å². The van der Waals surface area contributed by atoms with Gasteiger partial charge >= 0.3 is 11.9 Å².